The van der Waals surface area contributed by atoms with Crippen molar-refractivity contribution in [3.05, 3.63) is 147 Å². The molecule has 0 fully saturated rings. The first-order valence-corrected chi connectivity index (χ1v) is 22.4. The van der Waals surface area contributed by atoms with Crippen molar-refractivity contribution in [1.29, 1.82) is 0 Å². The summed E-state index contributed by atoms with van der Waals surface area (Å²) >= 11 is 1.74. The fourth-order valence-electron chi connectivity index (χ4n) is 7.31. The molecule has 0 saturated heterocycles. The van der Waals surface area contributed by atoms with E-state index in [1.807, 2.05) is 6.92 Å². The van der Waals surface area contributed by atoms with Gasteiger partial charge in [-0.05, 0) is 100 Å². The van der Waals surface area contributed by atoms with Gasteiger partial charge in [-0.3, -0.25) is 0 Å². The number of rotatable bonds is 4. The minimum atomic E-state index is 0. The molecule has 244 valence electrons. The van der Waals surface area contributed by atoms with Crippen LogP contribution in [0.2, 0.25) is 13.1 Å². The van der Waals surface area contributed by atoms with Crippen LogP contribution in [0.3, 0.4) is 0 Å². The van der Waals surface area contributed by atoms with Gasteiger partial charge in [0.25, 0.3) is 0 Å². The third-order valence-corrected chi connectivity index (χ3v) is 8.91. The van der Waals surface area contributed by atoms with Crippen LogP contribution in [0.25, 0.3) is 44.7 Å². The fraction of sp³-hybridized carbons (Fsp3) is 0.233. The zero-order chi connectivity index (χ0) is 32.9. The molecule has 1 atom stereocenters. The minimum absolute atomic E-state index is 0. The van der Waals surface area contributed by atoms with Crippen LogP contribution >= 0.6 is 0 Å². The van der Waals surface area contributed by atoms with Gasteiger partial charge in [-0.15, -0.1) is 34.5 Å². The van der Waals surface area contributed by atoms with Gasteiger partial charge in [0.05, 0.1) is 0 Å². The van der Waals surface area contributed by atoms with E-state index in [1.165, 1.54) is 88.7 Å². The number of hydrogen-bond acceptors (Lipinski definition) is 1. The van der Waals surface area contributed by atoms with Crippen molar-refractivity contribution in [1.82, 2.24) is 0 Å². The molecule has 0 spiro atoms. The Hall–Kier alpha value is -2.81. The zero-order valence-corrected chi connectivity index (χ0v) is 34.4. The average Bonchev–Trinajstić information content (AvgIpc) is 3.67. The molecular formula is C43H43Cl2OSiZr-. The second kappa shape index (κ2) is 15.4. The fourth-order valence-corrected chi connectivity index (χ4v) is 7.31. The van der Waals surface area contributed by atoms with Crippen LogP contribution in [0.4, 0.5) is 0 Å². The molecule has 0 saturated carbocycles. The molecule has 0 amide bonds. The van der Waals surface area contributed by atoms with Gasteiger partial charge >= 0.3 is 41.9 Å². The largest absolute Gasteiger partial charge is 1.00 e. The molecular weight excluding hydrogens is 723 g/mol. The van der Waals surface area contributed by atoms with Crippen LogP contribution in [0.5, 0.6) is 0 Å². The molecule has 48 heavy (non-hydrogen) atoms. The quantitative estimate of drug-likeness (QED) is 0.156. The summed E-state index contributed by atoms with van der Waals surface area (Å²) in [6.45, 7) is 19.9. The number of aryl methyl sites for hydroxylation is 7. The number of hydrogen-bond donors (Lipinski definition) is 0. The van der Waals surface area contributed by atoms with E-state index in [0.29, 0.717) is 0 Å². The Morgan fingerprint density at radius 2 is 1.17 bits per heavy atom. The van der Waals surface area contributed by atoms with Crippen LogP contribution in [-0.2, 0) is 23.3 Å². The van der Waals surface area contributed by atoms with Gasteiger partial charge < -0.3 is 29.2 Å². The monoisotopic (exact) mass is 763 g/mol. The average molecular weight is 766 g/mol. The second-order valence-electron chi connectivity index (χ2n) is 13.5. The summed E-state index contributed by atoms with van der Waals surface area (Å²) in [6, 6.07) is 32.1. The first kappa shape index (κ1) is 38.0. The molecule has 1 heterocycles. The summed E-state index contributed by atoms with van der Waals surface area (Å²) < 4.78 is 6.31. The SMILES string of the molecule is C[Si](C)=[Zr+2].Cc1cc(C)cc(-c2c(C)ccc3c2C=C(c2ccc(C)o2)C3c2cc3c(-c4cc(C)cc(C)c4)c(C)ccc3[cH-]2)c1.[Cl-].[Cl-]. The molecule has 5 aromatic carbocycles. The van der Waals surface area contributed by atoms with E-state index in [4.69, 9.17) is 4.42 Å². The normalized spacial score (nSPS) is 13.2. The van der Waals surface area contributed by atoms with Crippen LogP contribution in [0.1, 0.15) is 67.5 Å². The Bertz CT molecular complexity index is 2140. The first-order valence-electron chi connectivity index (χ1n) is 16.2. The second-order valence-corrected chi connectivity index (χ2v) is 22.9. The van der Waals surface area contributed by atoms with Gasteiger partial charge in [0.2, 0.25) is 0 Å². The van der Waals surface area contributed by atoms with Gasteiger partial charge in [-0.25, -0.2) is 0 Å². The summed E-state index contributed by atoms with van der Waals surface area (Å²) in [4.78, 5) is 0. The van der Waals surface area contributed by atoms with E-state index in [9.17, 15) is 0 Å². The molecule has 1 nitrogen and oxygen atoms in total. The van der Waals surface area contributed by atoms with Crippen LogP contribution < -0.4 is 24.8 Å². The molecule has 0 radical (unpaired) electrons. The van der Waals surface area contributed by atoms with E-state index in [0.717, 1.165) is 11.5 Å². The van der Waals surface area contributed by atoms with Gasteiger partial charge in [-0.2, -0.15) is 6.07 Å². The van der Waals surface area contributed by atoms with Crippen molar-refractivity contribution in [2.24, 2.45) is 0 Å². The van der Waals surface area contributed by atoms with Crippen LogP contribution in [0.15, 0.2) is 89.3 Å². The predicted molar refractivity (Wildman–Crippen MR) is 196 cm³/mol. The standard InChI is InChI=1S/C41H37O.C2H6Si.2ClH.Zr/c1-23-14-24(2)17-31(16-23)39-27(5)8-11-30-20-33(21-35(30)39)41-34-12-9-28(6)40(32-18-25(3)15-26(4)19-32)36(34)22-37(41)38-13-10-29(7)42-38;1-3-2;;;/h8-22,41H,1-7H3;1-2H3;2*1H;/q-1;;;;+2/p-2. The van der Waals surface area contributed by atoms with Crippen molar-refractivity contribution >= 4 is 27.9 Å². The van der Waals surface area contributed by atoms with Crippen molar-refractivity contribution < 1.29 is 52.6 Å². The van der Waals surface area contributed by atoms with Gasteiger partial charge in [0.15, 0.2) is 0 Å². The van der Waals surface area contributed by atoms with Crippen LogP contribution in [-0.4, -0.2) is 5.43 Å². The number of benzene rings is 4. The molecule has 5 heteroatoms. The van der Waals surface area contributed by atoms with E-state index in [1.54, 1.807) is 23.3 Å². The molecule has 7 rings (SSSR count). The summed E-state index contributed by atoms with van der Waals surface area (Å²) in [5, 5.41) is 2.61. The van der Waals surface area contributed by atoms with E-state index in [2.05, 4.69) is 146 Å². The summed E-state index contributed by atoms with van der Waals surface area (Å²) in [6.07, 6.45) is 2.39. The van der Waals surface area contributed by atoms with Crippen molar-refractivity contribution in [3.63, 3.8) is 0 Å². The molecule has 6 aromatic rings. The van der Waals surface area contributed by atoms with Crippen molar-refractivity contribution in [2.75, 3.05) is 0 Å². The Morgan fingerprint density at radius 3 is 1.71 bits per heavy atom. The van der Waals surface area contributed by atoms with Gasteiger partial charge in [0, 0.05) is 11.5 Å². The molecule has 1 aliphatic carbocycles. The van der Waals surface area contributed by atoms with Gasteiger partial charge in [-0.1, -0.05) is 81.9 Å². The zero-order valence-electron chi connectivity index (χ0n) is 29.4. The third kappa shape index (κ3) is 7.66. The first-order chi connectivity index (χ1) is 21.9. The predicted octanol–water partition coefficient (Wildman–Crippen LogP) is 6.12. The summed E-state index contributed by atoms with van der Waals surface area (Å²) in [5.41, 5.74) is 18.4. The molecule has 1 aromatic heterocycles. The van der Waals surface area contributed by atoms with Crippen LogP contribution in [0, 0.1) is 48.5 Å². The minimum Gasteiger partial charge on any atom is -1.00 e. The maximum absolute atomic E-state index is 6.31. The van der Waals surface area contributed by atoms with Crippen molar-refractivity contribution in [3.8, 4) is 22.3 Å². The molecule has 1 unspecified atom stereocenters. The topological polar surface area (TPSA) is 13.1 Å². The van der Waals surface area contributed by atoms with E-state index < -0.39 is 0 Å². The number of halogens is 2. The smallest absolute Gasteiger partial charge is 0.131 e. The molecule has 0 aliphatic heterocycles. The van der Waals surface area contributed by atoms with Gasteiger partial charge in [0.1, 0.15) is 11.5 Å². The summed E-state index contributed by atoms with van der Waals surface area (Å²) in [5.74, 6) is 1.98. The van der Waals surface area contributed by atoms with E-state index in [-0.39, 0.29) is 36.2 Å². The maximum atomic E-state index is 6.31. The van der Waals surface area contributed by atoms with Crippen molar-refractivity contribution in [2.45, 2.75) is 67.5 Å². The number of fused-ring (bicyclic) bond motifs is 2. The molecule has 0 bridgehead atoms. The number of furan rings is 1. The molecule has 0 N–H and O–H groups in total. The van der Waals surface area contributed by atoms with E-state index >= 15 is 0 Å². The molecule has 1 aliphatic rings. The third-order valence-electron chi connectivity index (χ3n) is 8.91. The Labute approximate surface area is 314 Å². The Balaban J connectivity index is 0.000000823. The maximum Gasteiger partial charge on any atom is 0.131 e. The Kier molecular flexibility index (Phi) is 12.2. The summed E-state index contributed by atoms with van der Waals surface area (Å²) in [7, 11) is 0. The Morgan fingerprint density at radius 1 is 0.646 bits per heavy atom. The number of allylic oxidation sites excluding steroid dienone is 1.